The topological polar surface area (TPSA) is 60.8 Å². The van der Waals surface area contributed by atoms with Crippen LogP contribution in [0.4, 0.5) is 4.79 Å². The molecule has 2 rings (SSSR count). The molecule has 0 aromatic carbocycles. The Labute approximate surface area is 77.2 Å². The molecule has 1 saturated carbocycles. The van der Waals surface area contributed by atoms with Crippen molar-refractivity contribution in [1.29, 1.82) is 0 Å². The first-order valence-corrected chi connectivity index (χ1v) is 4.88. The number of aliphatic hydroxyl groups is 1. The van der Waals surface area contributed by atoms with Gasteiger partial charge in [-0.05, 0) is 31.6 Å². The Balaban J connectivity index is 2.14. The quantitative estimate of drug-likeness (QED) is 0.589. The molecule has 2 N–H and O–H groups in total. The molecule has 4 heteroatoms. The lowest BCUT2D eigenvalue weighted by molar-refractivity contribution is 0.0319. The van der Waals surface area contributed by atoms with E-state index in [1.807, 2.05) is 0 Å². The molecular weight excluding hydrogens is 170 g/mol. The molecule has 0 aromatic heterocycles. The van der Waals surface area contributed by atoms with Crippen LogP contribution in [-0.2, 0) is 0 Å². The highest BCUT2D eigenvalue weighted by Gasteiger charge is 2.42. The lowest BCUT2D eigenvalue weighted by atomic mass is 9.92. The summed E-state index contributed by atoms with van der Waals surface area (Å²) < 4.78 is 0. The predicted octanol–water partition coefficient (Wildman–Crippen LogP) is 0.900. The van der Waals surface area contributed by atoms with E-state index in [1.165, 1.54) is 4.90 Å². The third-order valence-electron chi connectivity index (χ3n) is 3.29. The second kappa shape index (κ2) is 3.18. The number of carbonyl (C=O) groups is 1. The number of carboxylic acid groups (broad SMARTS) is 1. The monoisotopic (exact) mass is 185 g/mol. The Morgan fingerprint density at radius 1 is 1.31 bits per heavy atom. The molecule has 1 heterocycles. The van der Waals surface area contributed by atoms with Crippen LogP contribution in [0, 0.1) is 5.92 Å². The minimum absolute atomic E-state index is 0.119. The Morgan fingerprint density at radius 3 is 2.77 bits per heavy atom. The van der Waals surface area contributed by atoms with Crippen LogP contribution < -0.4 is 0 Å². The third kappa shape index (κ3) is 1.39. The van der Waals surface area contributed by atoms with Crippen LogP contribution in [0.3, 0.4) is 0 Å². The van der Waals surface area contributed by atoms with Gasteiger partial charge in [-0.1, -0.05) is 0 Å². The number of likely N-dealkylation sites (tertiary alicyclic amines) is 1. The number of hydrogen-bond acceptors (Lipinski definition) is 2. The molecule has 2 aliphatic rings. The van der Waals surface area contributed by atoms with E-state index >= 15 is 0 Å². The van der Waals surface area contributed by atoms with Gasteiger partial charge in [0.1, 0.15) is 0 Å². The van der Waals surface area contributed by atoms with E-state index in [-0.39, 0.29) is 6.04 Å². The highest BCUT2D eigenvalue weighted by Crippen LogP contribution is 2.36. The molecule has 0 spiro atoms. The van der Waals surface area contributed by atoms with Crippen LogP contribution in [0.1, 0.15) is 25.7 Å². The Morgan fingerprint density at radius 2 is 2.08 bits per heavy atom. The van der Waals surface area contributed by atoms with Crippen molar-refractivity contribution in [3.8, 4) is 0 Å². The first-order chi connectivity index (χ1) is 6.20. The SMILES string of the molecule is O=C(O)N1CCC[C@H]2CCC(O)[C@H]21. The second-order valence-electron chi connectivity index (χ2n) is 4.01. The predicted molar refractivity (Wildman–Crippen MR) is 46.5 cm³/mol. The van der Waals surface area contributed by atoms with E-state index in [1.54, 1.807) is 0 Å². The Bertz CT molecular complexity index is 217. The largest absolute Gasteiger partial charge is 0.465 e. The van der Waals surface area contributed by atoms with Crippen molar-refractivity contribution in [2.45, 2.75) is 37.8 Å². The van der Waals surface area contributed by atoms with Crippen LogP contribution in [-0.4, -0.2) is 39.9 Å². The van der Waals surface area contributed by atoms with Crippen molar-refractivity contribution in [3.63, 3.8) is 0 Å². The van der Waals surface area contributed by atoms with Crippen LogP contribution >= 0.6 is 0 Å². The van der Waals surface area contributed by atoms with Crippen molar-refractivity contribution < 1.29 is 15.0 Å². The minimum atomic E-state index is -0.879. The van der Waals surface area contributed by atoms with E-state index in [0.717, 1.165) is 25.7 Å². The molecule has 0 radical (unpaired) electrons. The normalized spacial score (nSPS) is 38.8. The van der Waals surface area contributed by atoms with Gasteiger partial charge in [-0.2, -0.15) is 0 Å². The van der Waals surface area contributed by atoms with Gasteiger partial charge < -0.3 is 15.1 Å². The first-order valence-electron chi connectivity index (χ1n) is 4.88. The molecule has 1 saturated heterocycles. The van der Waals surface area contributed by atoms with Crippen LogP contribution in [0.2, 0.25) is 0 Å². The fourth-order valence-corrected chi connectivity index (χ4v) is 2.71. The number of aliphatic hydroxyl groups excluding tert-OH is 1. The van der Waals surface area contributed by atoms with Crippen molar-refractivity contribution in [3.05, 3.63) is 0 Å². The van der Waals surface area contributed by atoms with Gasteiger partial charge in [0, 0.05) is 6.54 Å². The summed E-state index contributed by atoms with van der Waals surface area (Å²) in [6, 6.07) is -0.119. The summed E-state index contributed by atoms with van der Waals surface area (Å²) in [6.07, 6.45) is 2.46. The first kappa shape index (κ1) is 8.81. The molecule has 1 amide bonds. The number of nitrogens with zero attached hydrogens (tertiary/aromatic N) is 1. The van der Waals surface area contributed by atoms with Crippen LogP contribution in [0.5, 0.6) is 0 Å². The van der Waals surface area contributed by atoms with Gasteiger partial charge in [0.15, 0.2) is 0 Å². The molecule has 13 heavy (non-hydrogen) atoms. The number of hydrogen-bond donors (Lipinski definition) is 2. The molecule has 1 aliphatic heterocycles. The zero-order valence-electron chi connectivity index (χ0n) is 7.52. The fraction of sp³-hybridized carbons (Fsp3) is 0.889. The second-order valence-corrected chi connectivity index (χ2v) is 4.01. The lowest BCUT2D eigenvalue weighted by Gasteiger charge is -2.37. The average Bonchev–Trinajstić information content (AvgIpc) is 2.48. The Kier molecular flexibility index (Phi) is 2.15. The molecule has 0 aromatic rings. The molecule has 3 atom stereocenters. The summed E-state index contributed by atoms with van der Waals surface area (Å²) in [4.78, 5) is 12.3. The van der Waals surface area contributed by atoms with Gasteiger partial charge in [-0.15, -0.1) is 0 Å². The number of fused-ring (bicyclic) bond motifs is 1. The molecule has 1 unspecified atom stereocenters. The number of rotatable bonds is 0. The summed E-state index contributed by atoms with van der Waals surface area (Å²) in [5, 5.41) is 18.6. The third-order valence-corrected chi connectivity index (χ3v) is 3.29. The Hall–Kier alpha value is -0.770. The fourth-order valence-electron chi connectivity index (χ4n) is 2.71. The summed E-state index contributed by atoms with van der Waals surface area (Å²) in [5.74, 6) is 0.403. The van der Waals surface area contributed by atoms with Crippen molar-refractivity contribution in [2.24, 2.45) is 5.92 Å². The van der Waals surface area contributed by atoms with Crippen LogP contribution in [0.25, 0.3) is 0 Å². The van der Waals surface area contributed by atoms with E-state index in [0.29, 0.717) is 12.5 Å². The van der Waals surface area contributed by atoms with Crippen molar-refractivity contribution >= 4 is 6.09 Å². The smallest absolute Gasteiger partial charge is 0.407 e. The van der Waals surface area contributed by atoms with Crippen LogP contribution in [0.15, 0.2) is 0 Å². The summed E-state index contributed by atoms with van der Waals surface area (Å²) in [7, 11) is 0. The molecule has 4 nitrogen and oxygen atoms in total. The maximum atomic E-state index is 10.9. The number of amides is 1. The van der Waals surface area contributed by atoms with Crippen molar-refractivity contribution in [2.75, 3.05) is 6.54 Å². The van der Waals surface area contributed by atoms with E-state index < -0.39 is 12.2 Å². The van der Waals surface area contributed by atoms with Gasteiger partial charge in [0.2, 0.25) is 0 Å². The zero-order chi connectivity index (χ0) is 9.42. The maximum absolute atomic E-state index is 10.9. The summed E-state index contributed by atoms with van der Waals surface area (Å²) in [6.45, 7) is 0.591. The van der Waals surface area contributed by atoms with Gasteiger partial charge in [0.05, 0.1) is 12.1 Å². The lowest BCUT2D eigenvalue weighted by Crippen LogP contribution is -2.50. The summed E-state index contributed by atoms with van der Waals surface area (Å²) in [5.41, 5.74) is 0. The molecule has 1 aliphatic carbocycles. The highest BCUT2D eigenvalue weighted by atomic mass is 16.4. The molecule has 2 fully saturated rings. The van der Waals surface area contributed by atoms with E-state index in [2.05, 4.69) is 0 Å². The zero-order valence-corrected chi connectivity index (χ0v) is 7.52. The summed E-state index contributed by atoms with van der Waals surface area (Å²) >= 11 is 0. The molecular formula is C9H15NO3. The van der Waals surface area contributed by atoms with Crippen molar-refractivity contribution in [1.82, 2.24) is 4.90 Å². The van der Waals surface area contributed by atoms with Gasteiger partial charge >= 0.3 is 6.09 Å². The van der Waals surface area contributed by atoms with E-state index in [9.17, 15) is 9.90 Å². The van der Waals surface area contributed by atoms with Gasteiger partial charge in [-0.25, -0.2) is 4.79 Å². The average molecular weight is 185 g/mol. The minimum Gasteiger partial charge on any atom is -0.465 e. The number of piperidine rings is 1. The van der Waals surface area contributed by atoms with E-state index in [4.69, 9.17) is 5.11 Å². The standard InChI is InChI=1S/C9H15NO3/c11-7-4-3-6-2-1-5-10(8(6)7)9(12)13/h6-8,11H,1-5H2,(H,12,13)/t6-,7?,8-/m0/s1. The molecule has 74 valence electrons. The highest BCUT2D eigenvalue weighted by molar-refractivity contribution is 5.65. The van der Waals surface area contributed by atoms with Gasteiger partial charge in [-0.3, -0.25) is 0 Å². The maximum Gasteiger partial charge on any atom is 0.407 e. The molecule has 0 bridgehead atoms. The van der Waals surface area contributed by atoms with Gasteiger partial charge in [0.25, 0.3) is 0 Å².